The van der Waals surface area contributed by atoms with E-state index in [-0.39, 0.29) is 47.2 Å². The summed E-state index contributed by atoms with van der Waals surface area (Å²) in [7, 11) is 3.07. The Morgan fingerprint density at radius 1 is 1.19 bits per heavy atom. The zero-order chi connectivity index (χ0) is 30.8. The highest BCUT2D eigenvalue weighted by atomic mass is 19.1. The fourth-order valence-electron chi connectivity index (χ4n) is 4.94. The fourth-order valence-corrected chi connectivity index (χ4v) is 4.94. The van der Waals surface area contributed by atoms with Crippen molar-refractivity contribution in [1.82, 2.24) is 14.9 Å². The average Bonchev–Trinajstić information content (AvgIpc) is 3.38. The molecule has 1 N–H and O–H groups in total. The van der Waals surface area contributed by atoms with Gasteiger partial charge >= 0.3 is 12.1 Å². The highest BCUT2D eigenvalue weighted by Crippen LogP contribution is 2.30. The number of nitrogens with one attached hydrogen (secondary N) is 1. The molecule has 0 spiro atoms. The smallest absolute Gasteiger partial charge is 0.407 e. The third-order valence-corrected chi connectivity index (χ3v) is 6.90. The Balaban J connectivity index is 1.80. The van der Waals surface area contributed by atoms with Crippen LogP contribution in [0, 0.1) is 12.7 Å². The second-order valence-corrected chi connectivity index (χ2v) is 11.0. The first kappa shape index (κ1) is 30.6. The van der Waals surface area contributed by atoms with Crippen LogP contribution in [0.25, 0.3) is 11.0 Å². The summed E-state index contributed by atoms with van der Waals surface area (Å²) in [6.45, 7) is 9.40. The quantitative estimate of drug-likeness (QED) is 0.389. The normalized spacial score (nSPS) is 15.0. The molecule has 1 amide bonds. The van der Waals surface area contributed by atoms with Gasteiger partial charge in [-0.3, -0.25) is 4.79 Å². The number of benzene rings is 1. The van der Waals surface area contributed by atoms with Gasteiger partial charge in [0.1, 0.15) is 28.3 Å². The van der Waals surface area contributed by atoms with Crippen LogP contribution >= 0.6 is 0 Å². The molecule has 0 radical (unpaired) electrons. The van der Waals surface area contributed by atoms with E-state index in [9.17, 15) is 14.4 Å². The number of hydrogen-bond acceptors (Lipinski definition) is 9. The van der Waals surface area contributed by atoms with Crippen molar-refractivity contribution in [3.05, 3.63) is 57.1 Å². The number of ether oxygens (including phenoxy) is 4. The van der Waals surface area contributed by atoms with Crippen LogP contribution in [0.1, 0.15) is 55.6 Å². The van der Waals surface area contributed by atoms with E-state index >= 15 is 4.39 Å². The Hall–Kier alpha value is -4.35. The van der Waals surface area contributed by atoms with E-state index < -0.39 is 28.9 Å². The third-order valence-electron chi connectivity index (χ3n) is 6.90. The average molecular weight is 585 g/mol. The van der Waals surface area contributed by atoms with Gasteiger partial charge in [-0.05, 0) is 53.2 Å². The summed E-state index contributed by atoms with van der Waals surface area (Å²) >= 11 is 0. The van der Waals surface area contributed by atoms with Crippen LogP contribution in [-0.4, -0.2) is 67.2 Å². The number of anilines is 1. The highest BCUT2D eigenvalue weighted by molar-refractivity contribution is 5.94. The number of rotatable bonds is 8. The van der Waals surface area contributed by atoms with Crippen LogP contribution in [0.4, 0.5) is 15.0 Å². The predicted molar refractivity (Wildman–Crippen MR) is 155 cm³/mol. The molecule has 2 aromatic heterocycles. The standard InChI is InChI=1S/C30H37FN4O7/c1-8-41-28(37)21-16-35(14-18-9-10-20(39-6)13-22(18)40-7)26-23(25(21)36)17(2)24(31)27(33-26)34-12-11-19(15-34)32-29(38)42-30(3,4)5/h9-10,13,16,19H,8,11-12,14-15H2,1-7H3,(H,32,38)/t19-/m1/s1. The number of hydrogen-bond donors (Lipinski definition) is 1. The maximum absolute atomic E-state index is 15.9. The summed E-state index contributed by atoms with van der Waals surface area (Å²) in [5, 5.41) is 2.81. The van der Waals surface area contributed by atoms with E-state index in [1.807, 2.05) is 0 Å². The summed E-state index contributed by atoms with van der Waals surface area (Å²) in [6, 6.07) is 5.00. The van der Waals surface area contributed by atoms with Gasteiger partial charge in [-0.2, -0.15) is 0 Å². The second kappa shape index (κ2) is 12.3. The van der Waals surface area contributed by atoms with Gasteiger partial charge in [0.15, 0.2) is 11.6 Å². The van der Waals surface area contributed by atoms with Gasteiger partial charge in [0.25, 0.3) is 0 Å². The lowest BCUT2D eigenvalue weighted by molar-refractivity contribution is 0.0503. The molecule has 3 heterocycles. The molecule has 0 unspecified atom stereocenters. The minimum atomic E-state index is -0.806. The lowest BCUT2D eigenvalue weighted by Crippen LogP contribution is -2.40. The Kier molecular flexibility index (Phi) is 8.93. The number of pyridine rings is 2. The number of amides is 1. The largest absolute Gasteiger partial charge is 0.497 e. The van der Waals surface area contributed by atoms with Gasteiger partial charge in [0.05, 0.1) is 38.8 Å². The zero-order valence-corrected chi connectivity index (χ0v) is 25.0. The van der Waals surface area contributed by atoms with E-state index in [4.69, 9.17) is 18.9 Å². The van der Waals surface area contributed by atoms with Crippen molar-refractivity contribution >= 4 is 28.9 Å². The summed E-state index contributed by atoms with van der Waals surface area (Å²) in [5.41, 5.74) is -0.566. The van der Waals surface area contributed by atoms with E-state index in [0.717, 1.165) is 0 Å². The van der Waals surface area contributed by atoms with Crippen molar-refractivity contribution in [2.45, 2.75) is 59.2 Å². The molecule has 11 nitrogen and oxygen atoms in total. The number of fused-ring (bicyclic) bond motifs is 1. The van der Waals surface area contributed by atoms with Crippen molar-refractivity contribution in [2.75, 3.05) is 38.8 Å². The summed E-state index contributed by atoms with van der Waals surface area (Å²) in [4.78, 5) is 44.9. The van der Waals surface area contributed by atoms with Gasteiger partial charge in [-0.25, -0.2) is 19.0 Å². The number of esters is 1. The SMILES string of the molecule is CCOC(=O)c1cn(Cc2ccc(OC)cc2OC)c2nc(N3CC[C@@H](NC(=O)OC(C)(C)C)C3)c(F)c(C)c2c1=O. The molecular weight excluding hydrogens is 547 g/mol. The number of alkyl carbamates (subject to hydrolysis) is 1. The molecule has 1 atom stereocenters. The molecule has 0 saturated carbocycles. The zero-order valence-electron chi connectivity index (χ0n) is 25.0. The minimum absolute atomic E-state index is 0.0168. The monoisotopic (exact) mass is 584 g/mol. The minimum Gasteiger partial charge on any atom is -0.497 e. The summed E-state index contributed by atoms with van der Waals surface area (Å²) in [5.74, 6) is -0.318. The second-order valence-electron chi connectivity index (χ2n) is 11.0. The molecule has 3 aromatic rings. The van der Waals surface area contributed by atoms with Crippen molar-refractivity contribution < 1.29 is 32.9 Å². The topological polar surface area (TPSA) is 121 Å². The number of halogens is 1. The first-order valence-electron chi connectivity index (χ1n) is 13.7. The first-order valence-corrected chi connectivity index (χ1v) is 13.7. The van der Waals surface area contributed by atoms with Gasteiger partial charge in [0.2, 0.25) is 5.43 Å². The van der Waals surface area contributed by atoms with E-state index in [2.05, 4.69) is 10.3 Å². The molecule has 42 heavy (non-hydrogen) atoms. The van der Waals surface area contributed by atoms with Gasteiger partial charge < -0.3 is 33.7 Å². The number of aromatic nitrogens is 2. The Morgan fingerprint density at radius 3 is 2.57 bits per heavy atom. The van der Waals surface area contributed by atoms with Gasteiger partial charge in [-0.15, -0.1) is 0 Å². The van der Waals surface area contributed by atoms with Crippen LogP contribution in [0.5, 0.6) is 11.5 Å². The van der Waals surface area contributed by atoms with Crippen molar-refractivity contribution in [3.8, 4) is 11.5 Å². The molecule has 0 aliphatic carbocycles. The van der Waals surface area contributed by atoms with Crippen LogP contribution in [0.3, 0.4) is 0 Å². The Morgan fingerprint density at radius 2 is 1.93 bits per heavy atom. The van der Waals surface area contributed by atoms with E-state index in [0.29, 0.717) is 36.6 Å². The maximum atomic E-state index is 15.9. The fraction of sp³-hybridized carbons (Fsp3) is 0.467. The molecule has 1 fully saturated rings. The Labute approximate surface area is 243 Å². The highest BCUT2D eigenvalue weighted by Gasteiger charge is 2.31. The van der Waals surface area contributed by atoms with Crippen LogP contribution < -0.4 is 25.1 Å². The molecule has 12 heteroatoms. The number of methoxy groups -OCH3 is 2. The molecular formula is C30H37FN4O7. The van der Waals surface area contributed by atoms with E-state index in [1.54, 1.807) is 62.5 Å². The van der Waals surface area contributed by atoms with Gasteiger partial charge in [-0.1, -0.05) is 0 Å². The number of aryl methyl sites for hydroxylation is 1. The van der Waals surface area contributed by atoms with Crippen molar-refractivity contribution in [1.29, 1.82) is 0 Å². The predicted octanol–water partition coefficient (Wildman–Crippen LogP) is 4.19. The molecule has 1 aliphatic heterocycles. The summed E-state index contributed by atoms with van der Waals surface area (Å²) in [6.07, 6.45) is 1.39. The third kappa shape index (κ3) is 6.42. The molecule has 1 aromatic carbocycles. The molecule has 0 bridgehead atoms. The van der Waals surface area contributed by atoms with Crippen LogP contribution in [0.2, 0.25) is 0 Å². The van der Waals surface area contributed by atoms with Crippen molar-refractivity contribution in [2.24, 2.45) is 0 Å². The molecule has 4 rings (SSSR count). The van der Waals surface area contributed by atoms with Crippen LogP contribution in [0.15, 0.2) is 29.2 Å². The van der Waals surface area contributed by atoms with Gasteiger partial charge in [0, 0.05) is 36.5 Å². The molecule has 226 valence electrons. The van der Waals surface area contributed by atoms with Crippen molar-refractivity contribution in [3.63, 3.8) is 0 Å². The maximum Gasteiger partial charge on any atom is 0.407 e. The number of carbonyl (C=O) groups excluding carboxylic acids is 2. The summed E-state index contributed by atoms with van der Waals surface area (Å²) < 4.78 is 38.9. The molecule has 1 saturated heterocycles. The first-order chi connectivity index (χ1) is 19.9. The number of carbonyl (C=O) groups is 2. The number of nitrogens with zero attached hydrogens (tertiary/aromatic N) is 3. The van der Waals surface area contributed by atoms with E-state index in [1.165, 1.54) is 20.2 Å². The molecule has 1 aliphatic rings. The Bertz CT molecular complexity index is 1560. The lowest BCUT2D eigenvalue weighted by Gasteiger charge is -2.23. The lowest BCUT2D eigenvalue weighted by atomic mass is 10.1. The van der Waals surface area contributed by atoms with Crippen LogP contribution in [-0.2, 0) is 16.0 Å².